The fourth-order valence-corrected chi connectivity index (χ4v) is 3.26. The third-order valence-corrected chi connectivity index (χ3v) is 4.75. The molecule has 162 valence electrons. The number of aryl methyl sites for hydroxylation is 1. The largest absolute Gasteiger partial charge is 0.484 e. The third-order valence-electron chi connectivity index (χ3n) is 4.50. The molecule has 2 aromatic carbocycles. The number of rotatable bonds is 8. The normalized spacial score (nSPS) is 12.2. The Morgan fingerprint density at radius 3 is 2.37 bits per heavy atom. The van der Waals surface area contributed by atoms with Gasteiger partial charge in [0, 0.05) is 17.1 Å². The maximum Gasteiger partial charge on any atom is 0.261 e. The number of carbonyl (C=O) groups excluding carboxylic acids is 2. The number of ether oxygens (including phenoxy) is 1. The molecule has 0 aliphatic carbocycles. The van der Waals surface area contributed by atoms with Crippen molar-refractivity contribution in [2.75, 3.05) is 6.61 Å². The molecule has 0 bridgehead atoms. The van der Waals surface area contributed by atoms with Gasteiger partial charge in [0.05, 0.1) is 0 Å². The van der Waals surface area contributed by atoms with E-state index in [1.165, 1.54) is 0 Å². The summed E-state index contributed by atoms with van der Waals surface area (Å²) in [5.41, 5.74) is 1.68. The first-order valence-electron chi connectivity index (χ1n) is 10.1. The van der Waals surface area contributed by atoms with E-state index in [4.69, 9.17) is 16.3 Å². The van der Waals surface area contributed by atoms with Gasteiger partial charge in [-0.25, -0.2) is 0 Å². The predicted octanol–water partition coefficient (Wildman–Crippen LogP) is 4.75. The molecule has 1 atom stereocenters. The molecule has 0 radical (unpaired) electrons. The van der Waals surface area contributed by atoms with E-state index in [2.05, 4.69) is 5.32 Å². The zero-order valence-corrected chi connectivity index (χ0v) is 19.1. The van der Waals surface area contributed by atoms with Crippen LogP contribution in [0, 0.1) is 6.92 Å². The second-order valence-electron chi connectivity index (χ2n) is 8.42. The number of hydrogen-bond acceptors (Lipinski definition) is 3. The van der Waals surface area contributed by atoms with Crippen LogP contribution in [0.5, 0.6) is 5.75 Å². The van der Waals surface area contributed by atoms with Crippen molar-refractivity contribution in [2.24, 2.45) is 0 Å². The maximum atomic E-state index is 13.1. The molecule has 5 nitrogen and oxygen atoms in total. The van der Waals surface area contributed by atoms with Crippen LogP contribution < -0.4 is 10.1 Å². The lowest BCUT2D eigenvalue weighted by Crippen LogP contribution is -2.54. The Balaban J connectivity index is 2.22. The summed E-state index contributed by atoms with van der Waals surface area (Å²) in [7, 11) is 0. The van der Waals surface area contributed by atoms with Crippen molar-refractivity contribution in [1.82, 2.24) is 10.2 Å². The summed E-state index contributed by atoms with van der Waals surface area (Å²) in [5, 5.41) is 3.59. The minimum Gasteiger partial charge on any atom is -0.484 e. The second kappa shape index (κ2) is 10.5. The first-order valence-corrected chi connectivity index (χ1v) is 10.5. The zero-order valence-electron chi connectivity index (χ0n) is 18.4. The van der Waals surface area contributed by atoms with Gasteiger partial charge in [-0.15, -0.1) is 0 Å². The Morgan fingerprint density at radius 2 is 1.80 bits per heavy atom. The van der Waals surface area contributed by atoms with Crippen LogP contribution in [0.1, 0.15) is 45.2 Å². The van der Waals surface area contributed by atoms with E-state index in [9.17, 15) is 9.59 Å². The van der Waals surface area contributed by atoms with Gasteiger partial charge in [-0.1, -0.05) is 48.4 Å². The first kappa shape index (κ1) is 23.7. The van der Waals surface area contributed by atoms with E-state index < -0.39 is 6.04 Å². The molecule has 0 aliphatic heterocycles. The molecule has 0 aliphatic rings. The van der Waals surface area contributed by atoms with Crippen LogP contribution in [-0.2, 0) is 16.1 Å². The third kappa shape index (κ3) is 7.38. The fraction of sp³-hybridized carbons (Fsp3) is 0.417. The smallest absolute Gasteiger partial charge is 0.261 e. The molecular formula is C24H31ClN2O3. The van der Waals surface area contributed by atoms with Gasteiger partial charge in [0.15, 0.2) is 6.61 Å². The summed E-state index contributed by atoms with van der Waals surface area (Å²) in [6, 6.07) is 14.2. The first-order chi connectivity index (χ1) is 14.1. The van der Waals surface area contributed by atoms with Gasteiger partial charge in [-0.3, -0.25) is 9.59 Å². The van der Waals surface area contributed by atoms with Gasteiger partial charge in [-0.05, 0) is 63.9 Å². The van der Waals surface area contributed by atoms with Gasteiger partial charge in [-0.2, -0.15) is 0 Å². The summed E-state index contributed by atoms with van der Waals surface area (Å²) < 4.78 is 5.66. The number of amides is 2. The van der Waals surface area contributed by atoms with Crippen LogP contribution in [0.4, 0.5) is 0 Å². The van der Waals surface area contributed by atoms with Gasteiger partial charge < -0.3 is 15.0 Å². The highest BCUT2D eigenvalue weighted by Gasteiger charge is 2.30. The van der Waals surface area contributed by atoms with Crippen molar-refractivity contribution in [2.45, 2.75) is 59.2 Å². The Labute approximate surface area is 184 Å². The fourth-order valence-electron chi connectivity index (χ4n) is 3.14. The second-order valence-corrected chi connectivity index (χ2v) is 8.85. The Hall–Kier alpha value is -2.53. The van der Waals surface area contributed by atoms with Crippen LogP contribution in [0.15, 0.2) is 48.5 Å². The number of benzene rings is 2. The van der Waals surface area contributed by atoms with Crippen molar-refractivity contribution < 1.29 is 14.3 Å². The number of nitrogens with one attached hydrogen (secondary N) is 1. The van der Waals surface area contributed by atoms with Gasteiger partial charge >= 0.3 is 0 Å². The standard InChI is InChI=1S/C24H31ClN2O3/c1-6-21(23(29)26-24(3,4)5)27(15-18-9-7-8-17(2)14-18)22(28)16-30-20-12-10-19(25)11-13-20/h7-14,21H,6,15-16H2,1-5H3,(H,26,29). The van der Waals surface area contributed by atoms with Crippen LogP contribution in [-0.4, -0.2) is 34.9 Å². The van der Waals surface area contributed by atoms with Crippen molar-refractivity contribution in [3.63, 3.8) is 0 Å². The number of carbonyl (C=O) groups is 2. The molecule has 30 heavy (non-hydrogen) atoms. The maximum absolute atomic E-state index is 13.1. The average Bonchev–Trinajstić information content (AvgIpc) is 2.66. The molecule has 2 amide bonds. The molecule has 0 fully saturated rings. The quantitative estimate of drug-likeness (QED) is 0.657. The van der Waals surface area contributed by atoms with Crippen molar-refractivity contribution in [3.05, 3.63) is 64.7 Å². The summed E-state index contributed by atoms with van der Waals surface area (Å²) in [6.07, 6.45) is 0.500. The summed E-state index contributed by atoms with van der Waals surface area (Å²) in [5.74, 6) is 0.135. The van der Waals surface area contributed by atoms with Crippen LogP contribution in [0.25, 0.3) is 0 Å². The van der Waals surface area contributed by atoms with Gasteiger partial charge in [0.2, 0.25) is 5.91 Å². The average molecular weight is 431 g/mol. The minimum absolute atomic E-state index is 0.160. The number of halogens is 1. The van der Waals surface area contributed by atoms with E-state index in [-0.39, 0.29) is 24.0 Å². The molecule has 2 aromatic rings. The van der Waals surface area contributed by atoms with Crippen molar-refractivity contribution >= 4 is 23.4 Å². The molecule has 1 unspecified atom stereocenters. The lowest BCUT2D eigenvalue weighted by atomic mass is 10.1. The molecular weight excluding hydrogens is 400 g/mol. The number of nitrogens with zero attached hydrogens (tertiary/aromatic N) is 1. The van der Waals surface area contributed by atoms with E-state index in [0.29, 0.717) is 23.7 Å². The topological polar surface area (TPSA) is 58.6 Å². The van der Waals surface area contributed by atoms with Gasteiger partial charge in [0.25, 0.3) is 5.91 Å². The lowest BCUT2D eigenvalue weighted by molar-refractivity contribution is -0.143. The number of hydrogen-bond donors (Lipinski definition) is 1. The van der Waals surface area contributed by atoms with E-state index in [1.807, 2.05) is 58.9 Å². The van der Waals surface area contributed by atoms with E-state index >= 15 is 0 Å². The molecule has 6 heteroatoms. The molecule has 0 saturated carbocycles. The highest BCUT2D eigenvalue weighted by atomic mass is 35.5. The Kier molecular flexibility index (Phi) is 8.30. The SMILES string of the molecule is CCC(C(=O)NC(C)(C)C)N(Cc1cccc(C)c1)C(=O)COc1ccc(Cl)cc1. The molecule has 2 rings (SSSR count). The highest BCUT2D eigenvalue weighted by molar-refractivity contribution is 6.30. The molecule has 0 heterocycles. The summed E-state index contributed by atoms with van der Waals surface area (Å²) in [6.45, 7) is 9.86. The molecule has 0 aromatic heterocycles. The van der Waals surface area contributed by atoms with Gasteiger partial charge in [0.1, 0.15) is 11.8 Å². The Bertz CT molecular complexity index is 859. The monoisotopic (exact) mass is 430 g/mol. The summed E-state index contributed by atoms with van der Waals surface area (Å²) in [4.78, 5) is 27.7. The minimum atomic E-state index is -0.592. The summed E-state index contributed by atoms with van der Waals surface area (Å²) >= 11 is 5.90. The lowest BCUT2D eigenvalue weighted by Gasteiger charge is -2.33. The highest BCUT2D eigenvalue weighted by Crippen LogP contribution is 2.18. The van der Waals surface area contributed by atoms with Crippen LogP contribution >= 0.6 is 11.6 Å². The molecule has 0 spiro atoms. The predicted molar refractivity (Wildman–Crippen MR) is 121 cm³/mol. The molecule has 1 N–H and O–H groups in total. The zero-order chi connectivity index (χ0) is 22.3. The van der Waals surface area contributed by atoms with Crippen molar-refractivity contribution in [3.8, 4) is 5.75 Å². The Morgan fingerprint density at radius 1 is 1.13 bits per heavy atom. The molecule has 0 saturated heterocycles. The van der Waals surface area contributed by atoms with Crippen molar-refractivity contribution in [1.29, 1.82) is 0 Å². The van der Waals surface area contributed by atoms with Crippen LogP contribution in [0.3, 0.4) is 0 Å². The van der Waals surface area contributed by atoms with E-state index in [1.54, 1.807) is 29.2 Å². The van der Waals surface area contributed by atoms with E-state index in [0.717, 1.165) is 11.1 Å². The van der Waals surface area contributed by atoms with Crippen LogP contribution in [0.2, 0.25) is 5.02 Å².